The largest absolute Gasteiger partial charge is 0.504 e. The molecule has 0 radical (unpaired) electrons. The molecule has 0 aromatic heterocycles. The molecule has 0 heterocycles. The Kier molecular flexibility index (Phi) is 5.71. The van der Waals surface area contributed by atoms with Crippen LogP contribution in [0, 0.1) is 46.3 Å². The van der Waals surface area contributed by atoms with Gasteiger partial charge in [0.25, 0.3) is 0 Å². The van der Waals surface area contributed by atoms with E-state index in [0.717, 1.165) is 48.0 Å². The van der Waals surface area contributed by atoms with Gasteiger partial charge in [0.05, 0.1) is 0 Å². The van der Waals surface area contributed by atoms with Crippen LogP contribution in [0.15, 0.2) is 11.3 Å². The number of ketones is 1. The van der Waals surface area contributed by atoms with Crippen molar-refractivity contribution in [1.29, 1.82) is 0 Å². The highest BCUT2D eigenvalue weighted by Crippen LogP contribution is 2.68. The first kappa shape index (κ1) is 21.4. The number of allylic oxidation sites excluding steroid dienone is 1. The molecule has 164 valence electrons. The van der Waals surface area contributed by atoms with E-state index in [0.29, 0.717) is 17.8 Å². The number of carbonyl (C=O) groups is 1. The topological polar surface area (TPSA) is 37.3 Å². The van der Waals surface area contributed by atoms with Crippen LogP contribution < -0.4 is 0 Å². The van der Waals surface area contributed by atoms with Crippen molar-refractivity contribution in [3.63, 3.8) is 0 Å². The zero-order valence-electron chi connectivity index (χ0n) is 19.6. The molecule has 4 aliphatic rings. The van der Waals surface area contributed by atoms with Crippen LogP contribution in [0.2, 0.25) is 0 Å². The summed E-state index contributed by atoms with van der Waals surface area (Å²) in [5, 5.41) is 10.5. The molecule has 2 heteroatoms. The van der Waals surface area contributed by atoms with Gasteiger partial charge in [-0.25, -0.2) is 0 Å². The van der Waals surface area contributed by atoms with Crippen LogP contribution in [-0.4, -0.2) is 10.9 Å². The molecule has 3 saturated carbocycles. The van der Waals surface area contributed by atoms with Gasteiger partial charge in [-0.15, -0.1) is 0 Å². The van der Waals surface area contributed by atoms with Gasteiger partial charge >= 0.3 is 0 Å². The highest BCUT2D eigenvalue weighted by Gasteiger charge is 2.60. The fourth-order valence-corrected chi connectivity index (χ4v) is 8.71. The lowest BCUT2D eigenvalue weighted by molar-refractivity contribution is -0.122. The average molecular weight is 401 g/mol. The average Bonchev–Trinajstić information content (AvgIpc) is 3.02. The van der Waals surface area contributed by atoms with Crippen molar-refractivity contribution in [3.8, 4) is 0 Å². The van der Waals surface area contributed by atoms with E-state index in [1.807, 2.05) is 0 Å². The second kappa shape index (κ2) is 7.72. The van der Waals surface area contributed by atoms with Gasteiger partial charge in [-0.2, -0.15) is 0 Å². The first-order valence-corrected chi connectivity index (χ1v) is 12.6. The van der Waals surface area contributed by atoms with Crippen molar-refractivity contribution in [2.75, 3.05) is 0 Å². The van der Waals surface area contributed by atoms with Crippen LogP contribution in [0.3, 0.4) is 0 Å². The van der Waals surface area contributed by atoms with Gasteiger partial charge in [-0.1, -0.05) is 53.9 Å². The number of aliphatic hydroxyl groups excluding tert-OH is 1. The Balaban J connectivity index is 1.52. The Labute approximate surface area is 178 Å². The molecule has 29 heavy (non-hydrogen) atoms. The molecule has 0 bridgehead atoms. The molecule has 7 atom stereocenters. The zero-order valence-corrected chi connectivity index (χ0v) is 19.6. The van der Waals surface area contributed by atoms with Crippen LogP contribution in [0.1, 0.15) is 105 Å². The van der Waals surface area contributed by atoms with Gasteiger partial charge < -0.3 is 5.11 Å². The molecule has 0 amide bonds. The van der Waals surface area contributed by atoms with Crippen LogP contribution >= 0.6 is 0 Å². The predicted molar refractivity (Wildman–Crippen MR) is 120 cm³/mol. The molecule has 0 spiro atoms. The van der Waals surface area contributed by atoms with Crippen LogP contribution in [0.25, 0.3) is 0 Å². The highest BCUT2D eigenvalue weighted by atomic mass is 16.3. The maximum absolute atomic E-state index is 12.1. The summed E-state index contributed by atoms with van der Waals surface area (Å²) in [6.07, 6.45) is 13.3. The fraction of sp³-hybridized carbons (Fsp3) is 0.889. The lowest BCUT2D eigenvalue weighted by atomic mass is 9.46. The summed E-state index contributed by atoms with van der Waals surface area (Å²) in [4.78, 5) is 12.1. The smallest absolute Gasteiger partial charge is 0.197 e. The van der Waals surface area contributed by atoms with E-state index >= 15 is 0 Å². The molecule has 0 saturated heterocycles. The molecule has 0 aromatic rings. The van der Waals surface area contributed by atoms with Gasteiger partial charge in [0, 0.05) is 6.42 Å². The number of Topliss-reactive ketones (excluding diaryl/α,β-unsaturated/α-hetero) is 1. The Morgan fingerprint density at radius 1 is 0.966 bits per heavy atom. The Bertz CT molecular complexity index is 676. The minimum Gasteiger partial charge on any atom is -0.504 e. The maximum Gasteiger partial charge on any atom is 0.197 e. The normalized spacial score (nSPS) is 43.2. The second-order valence-electron chi connectivity index (χ2n) is 12.1. The zero-order chi connectivity index (χ0) is 21.0. The van der Waals surface area contributed by atoms with Gasteiger partial charge in [-0.3, -0.25) is 4.79 Å². The Hall–Kier alpha value is -0.790. The summed E-state index contributed by atoms with van der Waals surface area (Å²) in [7, 11) is 0. The number of fused-ring (bicyclic) bond motifs is 5. The summed E-state index contributed by atoms with van der Waals surface area (Å²) in [6.45, 7) is 12.3. The maximum atomic E-state index is 12.1. The fourth-order valence-electron chi connectivity index (χ4n) is 8.71. The van der Waals surface area contributed by atoms with Crippen molar-refractivity contribution in [2.45, 2.75) is 105 Å². The summed E-state index contributed by atoms with van der Waals surface area (Å²) in [5.41, 5.74) is 1.71. The predicted octanol–water partition coefficient (Wildman–Crippen LogP) is 7.48. The van der Waals surface area contributed by atoms with E-state index in [1.165, 1.54) is 51.4 Å². The molecular formula is C27H44O2. The monoisotopic (exact) mass is 400 g/mol. The van der Waals surface area contributed by atoms with Crippen molar-refractivity contribution in [1.82, 2.24) is 0 Å². The quantitative estimate of drug-likeness (QED) is 0.519. The standard InChI is InChI=1S/C27H44O2/c1-17(2)7-6-8-18(3)20-11-12-21-19-9-10-23-25(29)24(28)14-16-27(23,5)22(19)13-15-26(20,21)4/h17-22,29H,6-16H2,1-5H3/t18-,19+,20-,21+,22+,26-,27-/m1/s1. The van der Waals surface area contributed by atoms with Crippen molar-refractivity contribution >= 4 is 5.78 Å². The summed E-state index contributed by atoms with van der Waals surface area (Å²) >= 11 is 0. The SMILES string of the molecule is CC(C)CCC[C@@H](C)[C@H]1CC[C@H]2[C@@H]3CCC4=C(O)C(=O)CC[C@]4(C)[C@H]3CC[C@]12C. The van der Waals surface area contributed by atoms with Gasteiger partial charge in [0.1, 0.15) is 0 Å². The lowest BCUT2D eigenvalue weighted by Crippen LogP contribution is -2.51. The van der Waals surface area contributed by atoms with Crippen LogP contribution in [-0.2, 0) is 4.79 Å². The van der Waals surface area contributed by atoms with E-state index in [-0.39, 0.29) is 17.0 Å². The molecule has 0 unspecified atom stereocenters. The van der Waals surface area contributed by atoms with Crippen molar-refractivity contribution in [3.05, 3.63) is 11.3 Å². The molecule has 1 N–H and O–H groups in total. The van der Waals surface area contributed by atoms with E-state index in [4.69, 9.17) is 0 Å². The first-order chi connectivity index (χ1) is 13.7. The first-order valence-electron chi connectivity index (χ1n) is 12.6. The van der Waals surface area contributed by atoms with E-state index in [2.05, 4.69) is 34.6 Å². The third-order valence-electron chi connectivity index (χ3n) is 10.3. The highest BCUT2D eigenvalue weighted by molar-refractivity contribution is 5.95. The number of rotatable bonds is 5. The van der Waals surface area contributed by atoms with Crippen LogP contribution in [0.4, 0.5) is 0 Å². The van der Waals surface area contributed by atoms with E-state index in [1.54, 1.807) is 0 Å². The Morgan fingerprint density at radius 2 is 1.72 bits per heavy atom. The summed E-state index contributed by atoms with van der Waals surface area (Å²) in [6, 6.07) is 0. The molecule has 4 rings (SSSR count). The number of aliphatic hydroxyl groups is 1. The third-order valence-corrected chi connectivity index (χ3v) is 10.3. The minimum absolute atomic E-state index is 0.00674. The van der Waals surface area contributed by atoms with E-state index < -0.39 is 0 Å². The molecular weight excluding hydrogens is 356 g/mol. The van der Waals surface area contributed by atoms with Gasteiger partial charge in [0.2, 0.25) is 0 Å². The van der Waals surface area contributed by atoms with E-state index in [9.17, 15) is 9.90 Å². The van der Waals surface area contributed by atoms with Crippen LogP contribution in [0.5, 0.6) is 0 Å². The second-order valence-corrected chi connectivity index (χ2v) is 12.1. The van der Waals surface area contributed by atoms with Crippen molar-refractivity contribution < 1.29 is 9.90 Å². The molecule has 0 aromatic carbocycles. The summed E-state index contributed by atoms with van der Waals surface area (Å²) < 4.78 is 0. The van der Waals surface area contributed by atoms with Gasteiger partial charge in [-0.05, 0) is 96.9 Å². The van der Waals surface area contributed by atoms with Gasteiger partial charge in [0.15, 0.2) is 11.5 Å². The number of hydrogen-bond donors (Lipinski definition) is 1. The number of carbonyl (C=O) groups excluding carboxylic acids is 1. The minimum atomic E-state index is -0.00674. The Morgan fingerprint density at radius 3 is 2.45 bits per heavy atom. The molecule has 2 nitrogen and oxygen atoms in total. The molecule has 3 fully saturated rings. The number of hydrogen-bond acceptors (Lipinski definition) is 2. The third kappa shape index (κ3) is 3.41. The summed E-state index contributed by atoms with van der Waals surface area (Å²) in [5.74, 6) is 5.05. The molecule has 4 aliphatic carbocycles. The molecule has 0 aliphatic heterocycles. The van der Waals surface area contributed by atoms with Crippen molar-refractivity contribution in [2.24, 2.45) is 46.3 Å². The lowest BCUT2D eigenvalue weighted by Gasteiger charge is -2.58.